The molecule has 0 aliphatic carbocycles. The van der Waals surface area contributed by atoms with Crippen LogP contribution in [0.1, 0.15) is 39.5 Å². The van der Waals surface area contributed by atoms with E-state index in [0.29, 0.717) is 23.8 Å². The number of hydrogen-bond donors (Lipinski definition) is 2. The van der Waals surface area contributed by atoms with Crippen LogP contribution in [-0.2, 0) is 16.4 Å². The highest BCUT2D eigenvalue weighted by Crippen LogP contribution is 2.25. The number of halogens is 1. The Morgan fingerprint density at radius 2 is 1.84 bits per heavy atom. The average Bonchev–Trinajstić information content (AvgIpc) is 2.95. The van der Waals surface area contributed by atoms with Crippen LogP contribution in [0.25, 0.3) is 0 Å². The smallest absolute Gasteiger partial charge is 0.252 e. The van der Waals surface area contributed by atoms with Crippen LogP contribution < -0.4 is 10.6 Å². The topological polar surface area (TPSA) is 73.8 Å². The maximum Gasteiger partial charge on any atom is 0.252 e. The maximum absolute atomic E-state index is 12.5. The Balaban J connectivity index is 0.00000576. The van der Waals surface area contributed by atoms with Gasteiger partial charge in [-0.1, -0.05) is 13.8 Å². The third-order valence-electron chi connectivity index (χ3n) is 3.32. The van der Waals surface area contributed by atoms with Gasteiger partial charge in [-0.25, -0.2) is 8.42 Å². The molecule has 0 atom stereocenters. The summed E-state index contributed by atoms with van der Waals surface area (Å²) in [6.07, 6.45) is 0.753. The zero-order valence-corrected chi connectivity index (χ0v) is 19.9. The molecule has 0 fully saturated rings. The van der Waals surface area contributed by atoms with Gasteiger partial charge in [-0.05, 0) is 39.3 Å². The standard InChI is InChI=1S/C16H30N4O2S2.HI/c1-7-20(8-2)24(21,22)14-10-9-13(23-14)11-12-18-15(17-6)19-16(3,4)5;/h9-10H,7-8,11-12H2,1-6H3,(H2,17,18,19);1H. The lowest BCUT2D eigenvalue weighted by atomic mass is 10.1. The molecule has 0 bridgehead atoms. The number of rotatable bonds is 7. The van der Waals surface area contributed by atoms with Crippen LogP contribution in [0.2, 0.25) is 0 Å². The van der Waals surface area contributed by atoms with Crippen molar-refractivity contribution in [2.24, 2.45) is 4.99 Å². The first-order valence-electron chi connectivity index (χ1n) is 8.21. The molecule has 1 aromatic heterocycles. The van der Waals surface area contributed by atoms with E-state index in [1.165, 1.54) is 15.6 Å². The maximum atomic E-state index is 12.5. The summed E-state index contributed by atoms with van der Waals surface area (Å²) < 4.78 is 26.9. The van der Waals surface area contributed by atoms with E-state index >= 15 is 0 Å². The Kier molecular flexibility index (Phi) is 10.5. The van der Waals surface area contributed by atoms with Crippen LogP contribution in [0.15, 0.2) is 21.3 Å². The molecule has 1 rings (SSSR count). The SMILES string of the molecule is CCN(CC)S(=O)(=O)c1ccc(CCNC(=NC)NC(C)(C)C)s1.I. The molecule has 0 saturated heterocycles. The number of sulfonamides is 1. The molecule has 0 amide bonds. The Morgan fingerprint density at radius 3 is 2.32 bits per heavy atom. The number of nitrogens with zero attached hydrogens (tertiary/aromatic N) is 2. The molecule has 0 saturated carbocycles. The van der Waals surface area contributed by atoms with Crippen molar-refractivity contribution < 1.29 is 8.42 Å². The largest absolute Gasteiger partial charge is 0.356 e. The van der Waals surface area contributed by atoms with Gasteiger partial charge in [0.1, 0.15) is 4.21 Å². The fourth-order valence-electron chi connectivity index (χ4n) is 2.16. The summed E-state index contributed by atoms with van der Waals surface area (Å²) in [5.41, 5.74) is -0.0597. The number of aliphatic imine (C=N–C) groups is 1. The summed E-state index contributed by atoms with van der Waals surface area (Å²) >= 11 is 1.34. The third kappa shape index (κ3) is 7.79. The first-order valence-corrected chi connectivity index (χ1v) is 10.5. The van der Waals surface area contributed by atoms with E-state index in [4.69, 9.17) is 0 Å². The van der Waals surface area contributed by atoms with Crippen LogP contribution in [0, 0.1) is 0 Å². The Bertz CT molecular complexity index is 647. The van der Waals surface area contributed by atoms with E-state index in [-0.39, 0.29) is 29.5 Å². The number of nitrogens with one attached hydrogen (secondary N) is 2. The van der Waals surface area contributed by atoms with E-state index in [9.17, 15) is 8.42 Å². The molecule has 0 unspecified atom stereocenters. The van der Waals surface area contributed by atoms with Gasteiger partial charge in [0.2, 0.25) is 0 Å². The lowest BCUT2D eigenvalue weighted by Crippen LogP contribution is -2.47. The van der Waals surface area contributed by atoms with Gasteiger partial charge in [-0.3, -0.25) is 4.99 Å². The van der Waals surface area contributed by atoms with Crippen molar-refractivity contribution in [3.8, 4) is 0 Å². The number of thiophene rings is 1. The van der Waals surface area contributed by atoms with Crippen molar-refractivity contribution in [3.05, 3.63) is 17.0 Å². The molecule has 25 heavy (non-hydrogen) atoms. The Hall–Kier alpha value is -0.390. The van der Waals surface area contributed by atoms with Crippen LogP contribution in [0.5, 0.6) is 0 Å². The second-order valence-corrected chi connectivity index (χ2v) is 9.77. The molecule has 2 N–H and O–H groups in total. The molecule has 146 valence electrons. The monoisotopic (exact) mass is 502 g/mol. The van der Waals surface area contributed by atoms with Crippen molar-refractivity contribution >= 4 is 51.3 Å². The molecule has 0 aliphatic rings. The summed E-state index contributed by atoms with van der Waals surface area (Å²) in [6.45, 7) is 11.6. The predicted octanol–water partition coefficient (Wildman–Crippen LogP) is 2.90. The van der Waals surface area contributed by atoms with E-state index < -0.39 is 10.0 Å². The van der Waals surface area contributed by atoms with Gasteiger partial charge in [-0.2, -0.15) is 4.31 Å². The fraction of sp³-hybridized carbons (Fsp3) is 0.688. The van der Waals surface area contributed by atoms with E-state index in [2.05, 4.69) is 36.4 Å². The highest BCUT2D eigenvalue weighted by atomic mass is 127. The van der Waals surface area contributed by atoms with Crippen molar-refractivity contribution in [2.45, 2.75) is 50.8 Å². The van der Waals surface area contributed by atoms with Crippen LogP contribution in [0.3, 0.4) is 0 Å². The third-order valence-corrected chi connectivity index (χ3v) is 6.98. The average molecular weight is 502 g/mol. The lowest BCUT2D eigenvalue weighted by Gasteiger charge is -2.23. The molecule has 1 aromatic rings. The molecule has 1 heterocycles. The minimum atomic E-state index is -3.36. The summed E-state index contributed by atoms with van der Waals surface area (Å²) in [4.78, 5) is 5.23. The van der Waals surface area contributed by atoms with Crippen LogP contribution in [-0.4, -0.2) is 50.9 Å². The molecule has 0 spiro atoms. The van der Waals surface area contributed by atoms with Crippen molar-refractivity contribution in [1.29, 1.82) is 0 Å². The zero-order valence-electron chi connectivity index (χ0n) is 15.9. The molecule has 6 nitrogen and oxygen atoms in total. The minimum Gasteiger partial charge on any atom is -0.356 e. The van der Waals surface area contributed by atoms with E-state index in [1.807, 2.05) is 19.9 Å². The second kappa shape index (κ2) is 10.7. The molecular weight excluding hydrogens is 471 g/mol. The lowest BCUT2D eigenvalue weighted by molar-refractivity contribution is 0.447. The Morgan fingerprint density at radius 1 is 1.24 bits per heavy atom. The van der Waals surface area contributed by atoms with Gasteiger partial charge in [0.15, 0.2) is 5.96 Å². The quantitative estimate of drug-likeness (QED) is 0.342. The van der Waals surface area contributed by atoms with Gasteiger partial charge in [-0.15, -0.1) is 35.3 Å². The normalized spacial score (nSPS) is 12.8. The predicted molar refractivity (Wildman–Crippen MR) is 118 cm³/mol. The summed E-state index contributed by atoms with van der Waals surface area (Å²) in [5.74, 6) is 0.745. The summed E-state index contributed by atoms with van der Waals surface area (Å²) in [6, 6.07) is 3.60. The number of hydrogen-bond acceptors (Lipinski definition) is 4. The van der Waals surface area contributed by atoms with Gasteiger partial charge in [0.25, 0.3) is 10.0 Å². The molecule has 0 radical (unpaired) electrons. The summed E-state index contributed by atoms with van der Waals surface area (Å²) in [7, 11) is -1.62. The van der Waals surface area contributed by atoms with Crippen LogP contribution in [0.4, 0.5) is 0 Å². The van der Waals surface area contributed by atoms with E-state index in [1.54, 1.807) is 13.1 Å². The van der Waals surface area contributed by atoms with Gasteiger partial charge in [0.05, 0.1) is 0 Å². The van der Waals surface area contributed by atoms with Gasteiger partial charge in [0, 0.05) is 37.1 Å². The Labute approximate surface area is 173 Å². The second-order valence-electron chi connectivity index (χ2n) is 6.43. The van der Waals surface area contributed by atoms with Gasteiger partial charge < -0.3 is 10.6 Å². The van der Waals surface area contributed by atoms with Crippen molar-refractivity contribution in [3.63, 3.8) is 0 Å². The zero-order chi connectivity index (χ0) is 18.4. The highest BCUT2D eigenvalue weighted by Gasteiger charge is 2.23. The van der Waals surface area contributed by atoms with Gasteiger partial charge >= 0.3 is 0 Å². The first-order chi connectivity index (χ1) is 11.1. The van der Waals surface area contributed by atoms with Crippen molar-refractivity contribution in [2.75, 3.05) is 26.7 Å². The number of guanidine groups is 1. The molecular formula is C16H31IN4O2S2. The molecule has 9 heteroatoms. The minimum absolute atomic E-state index is 0. The van der Waals surface area contributed by atoms with Crippen molar-refractivity contribution in [1.82, 2.24) is 14.9 Å². The fourth-order valence-corrected chi connectivity index (χ4v) is 5.13. The molecule has 0 aromatic carbocycles. The first kappa shape index (κ1) is 24.6. The molecule has 0 aliphatic heterocycles. The van der Waals surface area contributed by atoms with E-state index in [0.717, 1.165) is 17.3 Å². The summed E-state index contributed by atoms with van der Waals surface area (Å²) in [5, 5.41) is 6.54. The van der Waals surface area contributed by atoms with Crippen LogP contribution >= 0.6 is 35.3 Å². The highest BCUT2D eigenvalue weighted by molar-refractivity contribution is 14.0.